The number of nitrogens with one attached hydrogen (secondary N) is 2. The van der Waals surface area contributed by atoms with Crippen molar-refractivity contribution in [2.24, 2.45) is 11.8 Å². The van der Waals surface area contributed by atoms with E-state index in [-0.39, 0.29) is 18.0 Å². The van der Waals surface area contributed by atoms with Gasteiger partial charge in [0, 0.05) is 12.1 Å². The van der Waals surface area contributed by atoms with Gasteiger partial charge in [0.15, 0.2) is 0 Å². The molecule has 0 saturated heterocycles. The van der Waals surface area contributed by atoms with Gasteiger partial charge in [0.2, 0.25) is 0 Å². The monoisotopic (exact) mass is 282 g/mol. The van der Waals surface area contributed by atoms with Crippen LogP contribution in [0.3, 0.4) is 0 Å². The van der Waals surface area contributed by atoms with E-state index in [1.807, 2.05) is 0 Å². The highest BCUT2D eigenvalue weighted by Crippen LogP contribution is 2.25. The van der Waals surface area contributed by atoms with E-state index in [4.69, 9.17) is 5.11 Å². The number of hydrogen-bond donors (Lipinski definition) is 3. The van der Waals surface area contributed by atoms with Gasteiger partial charge in [-0.15, -0.1) is 0 Å². The smallest absolute Gasteiger partial charge is 0.315 e. The van der Waals surface area contributed by atoms with Gasteiger partial charge in [0.05, 0.1) is 5.92 Å². The Balaban J connectivity index is 1.71. The van der Waals surface area contributed by atoms with Gasteiger partial charge >= 0.3 is 12.0 Å². The second-order valence-corrected chi connectivity index (χ2v) is 6.37. The van der Waals surface area contributed by atoms with Gasteiger partial charge in [-0.1, -0.05) is 19.8 Å². The molecule has 0 bridgehead atoms. The number of rotatable bonds is 3. The maximum absolute atomic E-state index is 12.0. The lowest BCUT2D eigenvalue weighted by Gasteiger charge is -2.31. The minimum Gasteiger partial charge on any atom is -0.481 e. The van der Waals surface area contributed by atoms with Crippen LogP contribution in [0.5, 0.6) is 0 Å². The van der Waals surface area contributed by atoms with Gasteiger partial charge < -0.3 is 15.7 Å². The normalized spacial score (nSPS) is 34.2. The van der Waals surface area contributed by atoms with E-state index in [1.54, 1.807) is 0 Å². The lowest BCUT2D eigenvalue weighted by molar-refractivity contribution is -0.142. The molecule has 2 fully saturated rings. The van der Waals surface area contributed by atoms with Crippen LogP contribution in [0.2, 0.25) is 0 Å². The Morgan fingerprint density at radius 1 is 0.950 bits per heavy atom. The second-order valence-electron chi connectivity index (χ2n) is 6.37. The Hall–Kier alpha value is -1.26. The Labute approximate surface area is 120 Å². The predicted octanol–water partition coefficient (Wildman–Crippen LogP) is 2.51. The first-order valence-corrected chi connectivity index (χ1v) is 7.86. The summed E-state index contributed by atoms with van der Waals surface area (Å²) in [7, 11) is 0. The van der Waals surface area contributed by atoms with Crippen molar-refractivity contribution in [2.75, 3.05) is 0 Å². The number of carboxylic acids is 1. The summed E-state index contributed by atoms with van der Waals surface area (Å²) in [6.45, 7) is 2.20. The van der Waals surface area contributed by atoms with Crippen molar-refractivity contribution in [3.8, 4) is 0 Å². The van der Waals surface area contributed by atoms with Crippen LogP contribution in [0.15, 0.2) is 0 Å². The number of carbonyl (C=O) groups excluding carboxylic acids is 1. The van der Waals surface area contributed by atoms with Crippen molar-refractivity contribution < 1.29 is 14.7 Å². The van der Waals surface area contributed by atoms with Gasteiger partial charge in [0.25, 0.3) is 0 Å². The van der Waals surface area contributed by atoms with Crippen LogP contribution >= 0.6 is 0 Å². The molecule has 2 saturated carbocycles. The Kier molecular flexibility index (Phi) is 5.26. The molecule has 0 aliphatic heterocycles. The van der Waals surface area contributed by atoms with Gasteiger partial charge in [-0.2, -0.15) is 0 Å². The zero-order valence-corrected chi connectivity index (χ0v) is 12.2. The molecule has 20 heavy (non-hydrogen) atoms. The molecular formula is C15H26N2O3. The fraction of sp³-hybridized carbons (Fsp3) is 0.867. The molecule has 3 N–H and O–H groups in total. The largest absolute Gasteiger partial charge is 0.481 e. The number of hydrogen-bond acceptors (Lipinski definition) is 2. The van der Waals surface area contributed by atoms with Crippen molar-refractivity contribution in [3.63, 3.8) is 0 Å². The highest BCUT2D eigenvalue weighted by atomic mass is 16.4. The molecule has 2 rings (SSSR count). The fourth-order valence-corrected chi connectivity index (χ4v) is 3.41. The summed E-state index contributed by atoms with van der Waals surface area (Å²) < 4.78 is 0. The van der Waals surface area contributed by atoms with Gasteiger partial charge in [-0.05, 0) is 44.4 Å². The highest BCUT2D eigenvalue weighted by Gasteiger charge is 2.28. The van der Waals surface area contributed by atoms with Crippen LogP contribution in [0.4, 0.5) is 4.79 Å². The lowest BCUT2D eigenvalue weighted by atomic mass is 9.85. The van der Waals surface area contributed by atoms with Crippen LogP contribution < -0.4 is 10.6 Å². The first-order chi connectivity index (χ1) is 9.56. The number of amides is 2. The number of carbonyl (C=O) groups is 2. The third kappa shape index (κ3) is 4.12. The average molecular weight is 282 g/mol. The van der Waals surface area contributed by atoms with Crippen LogP contribution in [-0.2, 0) is 4.79 Å². The molecule has 0 spiro atoms. The summed E-state index contributed by atoms with van der Waals surface area (Å²) in [4.78, 5) is 22.9. The predicted molar refractivity (Wildman–Crippen MR) is 76.5 cm³/mol. The molecule has 2 unspecified atom stereocenters. The first-order valence-electron chi connectivity index (χ1n) is 7.86. The third-order valence-corrected chi connectivity index (χ3v) is 4.84. The topological polar surface area (TPSA) is 78.4 Å². The van der Waals surface area contributed by atoms with Gasteiger partial charge in [0.1, 0.15) is 0 Å². The first kappa shape index (κ1) is 15.1. The molecule has 5 heteroatoms. The summed E-state index contributed by atoms with van der Waals surface area (Å²) in [6.07, 6.45) is 7.59. The van der Waals surface area contributed by atoms with Crippen LogP contribution in [0.25, 0.3) is 0 Å². The summed E-state index contributed by atoms with van der Waals surface area (Å²) in [5, 5.41) is 15.0. The molecule has 2 aliphatic rings. The van der Waals surface area contributed by atoms with Crippen molar-refractivity contribution in [3.05, 3.63) is 0 Å². The summed E-state index contributed by atoms with van der Waals surface area (Å²) in [5.41, 5.74) is 0. The molecule has 5 nitrogen and oxygen atoms in total. The van der Waals surface area contributed by atoms with E-state index < -0.39 is 5.97 Å². The van der Waals surface area contributed by atoms with Crippen LogP contribution in [0, 0.1) is 11.8 Å². The van der Waals surface area contributed by atoms with Crippen molar-refractivity contribution in [1.29, 1.82) is 0 Å². The summed E-state index contributed by atoms with van der Waals surface area (Å²) >= 11 is 0. The maximum atomic E-state index is 12.0. The summed E-state index contributed by atoms with van der Waals surface area (Å²) in [5.74, 6) is -0.379. The minimum absolute atomic E-state index is 0.0810. The van der Waals surface area contributed by atoms with Crippen molar-refractivity contribution in [1.82, 2.24) is 10.6 Å². The standard InChI is InChI=1S/C15H26N2O3/c1-10-4-2-3-5-13(10)17-15(20)16-12-8-6-11(7-9-12)14(18)19/h10-13H,2-9H2,1H3,(H,18,19)(H2,16,17,20). The average Bonchev–Trinajstić information content (AvgIpc) is 2.42. The van der Waals surface area contributed by atoms with Crippen molar-refractivity contribution >= 4 is 12.0 Å². The zero-order chi connectivity index (χ0) is 14.5. The van der Waals surface area contributed by atoms with E-state index in [1.165, 1.54) is 19.3 Å². The van der Waals surface area contributed by atoms with E-state index >= 15 is 0 Å². The van der Waals surface area contributed by atoms with Crippen LogP contribution in [0.1, 0.15) is 58.3 Å². The van der Waals surface area contributed by atoms with Gasteiger partial charge in [-0.25, -0.2) is 4.79 Å². The molecule has 114 valence electrons. The molecule has 0 aromatic heterocycles. The number of aliphatic carboxylic acids is 1. The highest BCUT2D eigenvalue weighted by molar-refractivity contribution is 5.74. The zero-order valence-electron chi connectivity index (χ0n) is 12.2. The summed E-state index contributed by atoms with van der Waals surface area (Å²) in [6, 6.07) is 0.339. The van der Waals surface area contributed by atoms with Gasteiger partial charge in [-0.3, -0.25) is 4.79 Å². The van der Waals surface area contributed by atoms with Crippen LogP contribution in [-0.4, -0.2) is 29.2 Å². The Bertz CT molecular complexity index is 351. The fourth-order valence-electron chi connectivity index (χ4n) is 3.41. The molecule has 2 atom stereocenters. The molecule has 0 aromatic carbocycles. The molecule has 2 aliphatic carbocycles. The maximum Gasteiger partial charge on any atom is 0.315 e. The second kappa shape index (κ2) is 6.95. The minimum atomic E-state index is -0.705. The molecule has 0 radical (unpaired) electrons. The molecule has 0 heterocycles. The van der Waals surface area contributed by atoms with Crippen molar-refractivity contribution in [2.45, 2.75) is 70.4 Å². The molecular weight excluding hydrogens is 256 g/mol. The van der Waals surface area contributed by atoms with E-state index in [0.717, 1.165) is 19.3 Å². The third-order valence-electron chi connectivity index (χ3n) is 4.84. The molecule has 2 amide bonds. The SMILES string of the molecule is CC1CCCCC1NC(=O)NC1CCC(C(=O)O)CC1. The number of urea groups is 1. The lowest BCUT2D eigenvalue weighted by Crippen LogP contribution is -2.49. The number of carboxylic acid groups (broad SMARTS) is 1. The van der Waals surface area contributed by atoms with E-state index in [9.17, 15) is 9.59 Å². The van der Waals surface area contributed by atoms with E-state index in [2.05, 4.69) is 17.6 Å². The molecule has 0 aromatic rings. The Morgan fingerprint density at radius 2 is 1.60 bits per heavy atom. The quantitative estimate of drug-likeness (QED) is 0.744. The Morgan fingerprint density at radius 3 is 2.20 bits per heavy atom. The van der Waals surface area contributed by atoms with E-state index in [0.29, 0.717) is 24.8 Å².